The maximum Gasteiger partial charge on any atom is 0.193 e. The van der Waals surface area contributed by atoms with E-state index < -0.39 is 0 Å². The van der Waals surface area contributed by atoms with Crippen molar-refractivity contribution in [2.45, 2.75) is 32.6 Å². The molecule has 1 N–H and O–H groups in total. The van der Waals surface area contributed by atoms with Crippen molar-refractivity contribution in [3.05, 3.63) is 28.7 Å². The zero-order valence-corrected chi connectivity index (χ0v) is 13.7. The molecule has 4 nitrogen and oxygen atoms in total. The van der Waals surface area contributed by atoms with E-state index in [1.165, 1.54) is 10.7 Å². The number of nitrogens with one attached hydrogen (secondary N) is 1. The fourth-order valence-corrected chi connectivity index (χ4v) is 2.67. The number of allylic oxidation sites excluding steroid dienone is 1. The molecule has 1 aromatic rings. The average Bonchev–Trinajstić information content (AvgIpc) is 2.91. The number of nitrogens with zero attached hydrogens (tertiary/aromatic N) is 3. The Morgan fingerprint density at radius 1 is 1.60 bits per heavy atom. The van der Waals surface area contributed by atoms with E-state index in [-0.39, 0.29) is 0 Å². The van der Waals surface area contributed by atoms with Gasteiger partial charge in [0.25, 0.3) is 0 Å². The lowest BCUT2D eigenvalue weighted by Crippen LogP contribution is -2.40. The van der Waals surface area contributed by atoms with Gasteiger partial charge in [0.1, 0.15) is 0 Å². The minimum Gasteiger partial charge on any atom is -0.356 e. The lowest BCUT2D eigenvalue weighted by Gasteiger charge is -2.21. The van der Waals surface area contributed by atoms with Gasteiger partial charge in [-0.1, -0.05) is 13.0 Å². The lowest BCUT2D eigenvalue weighted by molar-refractivity contribution is 0.470. The van der Waals surface area contributed by atoms with Gasteiger partial charge in [0.2, 0.25) is 0 Å². The van der Waals surface area contributed by atoms with Crippen LogP contribution in [0.1, 0.15) is 30.5 Å². The Labute approximate surface area is 126 Å². The van der Waals surface area contributed by atoms with Crippen LogP contribution >= 0.6 is 11.3 Å². The topological polar surface area (TPSA) is 40.5 Å². The van der Waals surface area contributed by atoms with E-state index in [0.717, 1.165) is 44.7 Å². The summed E-state index contributed by atoms with van der Waals surface area (Å²) in [5.74, 6) is 0.944. The quantitative estimate of drug-likeness (QED) is 0.347. The Hall–Kier alpha value is -1.36. The fourth-order valence-electron chi connectivity index (χ4n) is 1.89. The molecule has 0 aliphatic carbocycles. The van der Waals surface area contributed by atoms with E-state index >= 15 is 0 Å². The van der Waals surface area contributed by atoms with Crippen LogP contribution in [0.5, 0.6) is 0 Å². The third-order valence-electron chi connectivity index (χ3n) is 3.04. The molecule has 112 valence electrons. The highest BCUT2D eigenvalue weighted by Gasteiger charge is 2.05. The molecule has 0 fully saturated rings. The summed E-state index contributed by atoms with van der Waals surface area (Å²) in [7, 11) is 3.89. The lowest BCUT2D eigenvalue weighted by atomic mass is 10.3. The fraction of sp³-hybridized carbons (Fsp3) is 0.600. The number of aliphatic imine (C=N–C) groups is 1. The second-order valence-electron chi connectivity index (χ2n) is 4.66. The summed E-state index contributed by atoms with van der Waals surface area (Å²) < 4.78 is 0. The van der Waals surface area contributed by atoms with Crippen molar-refractivity contribution < 1.29 is 0 Å². The molecule has 0 saturated carbocycles. The van der Waals surface area contributed by atoms with Crippen LogP contribution in [0.25, 0.3) is 0 Å². The minimum absolute atomic E-state index is 0.866. The van der Waals surface area contributed by atoms with Gasteiger partial charge in [0.15, 0.2) is 5.96 Å². The van der Waals surface area contributed by atoms with E-state index in [2.05, 4.69) is 46.1 Å². The third-order valence-corrected chi connectivity index (χ3v) is 4.08. The SMILES string of the molecule is C=CCCCN(C)C(=NC)NCCc1csc(CC)n1. The molecule has 20 heavy (non-hydrogen) atoms. The smallest absolute Gasteiger partial charge is 0.193 e. The van der Waals surface area contributed by atoms with Crippen molar-refractivity contribution in [1.29, 1.82) is 0 Å². The monoisotopic (exact) mass is 294 g/mol. The van der Waals surface area contributed by atoms with Crippen LogP contribution in [-0.2, 0) is 12.8 Å². The standard InChI is InChI=1S/C15H26N4S/c1-5-7-8-11-19(4)15(16-3)17-10-9-13-12-20-14(6-2)18-13/h5,12H,1,6-11H2,2-4H3,(H,16,17). The summed E-state index contributed by atoms with van der Waals surface area (Å²) in [6, 6.07) is 0. The molecule has 0 radical (unpaired) electrons. The molecule has 0 bridgehead atoms. The van der Waals surface area contributed by atoms with E-state index in [1.54, 1.807) is 11.3 Å². The molecule has 1 aromatic heterocycles. The zero-order valence-electron chi connectivity index (χ0n) is 12.9. The molecular formula is C15H26N4S. The van der Waals surface area contributed by atoms with Gasteiger partial charge in [-0.15, -0.1) is 17.9 Å². The zero-order chi connectivity index (χ0) is 14.8. The van der Waals surface area contributed by atoms with Gasteiger partial charge >= 0.3 is 0 Å². The van der Waals surface area contributed by atoms with Crippen LogP contribution in [0.2, 0.25) is 0 Å². The van der Waals surface area contributed by atoms with Gasteiger partial charge in [-0.25, -0.2) is 4.98 Å². The molecule has 0 atom stereocenters. The molecule has 0 aliphatic heterocycles. The van der Waals surface area contributed by atoms with Crippen LogP contribution in [-0.4, -0.2) is 43.0 Å². The van der Waals surface area contributed by atoms with Gasteiger partial charge in [0, 0.05) is 39.0 Å². The second-order valence-corrected chi connectivity index (χ2v) is 5.61. The number of aryl methyl sites for hydroxylation is 1. The van der Waals surface area contributed by atoms with Crippen LogP contribution in [0.4, 0.5) is 0 Å². The molecular weight excluding hydrogens is 268 g/mol. The summed E-state index contributed by atoms with van der Waals surface area (Å²) in [5.41, 5.74) is 1.17. The number of rotatable bonds is 8. The highest BCUT2D eigenvalue weighted by Crippen LogP contribution is 2.10. The van der Waals surface area contributed by atoms with Gasteiger partial charge in [-0.3, -0.25) is 4.99 Å². The van der Waals surface area contributed by atoms with E-state index in [4.69, 9.17) is 0 Å². The van der Waals surface area contributed by atoms with E-state index in [0.29, 0.717) is 0 Å². The van der Waals surface area contributed by atoms with Gasteiger partial charge in [-0.05, 0) is 19.3 Å². The molecule has 1 heterocycles. The number of hydrogen-bond donors (Lipinski definition) is 1. The third kappa shape index (κ3) is 5.74. The largest absolute Gasteiger partial charge is 0.356 e. The first-order valence-electron chi connectivity index (χ1n) is 7.17. The van der Waals surface area contributed by atoms with E-state index in [9.17, 15) is 0 Å². The molecule has 0 amide bonds. The van der Waals surface area contributed by atoms with Crippen molar-refractivity contribution in [3.8, 4) is 0 Å². The Morgan fingerprint density at radius 3 is 3.00 bits per heavy atom. The van der Waals surface area contributed by atoms with Gasteiger partial charge in [-0.2, -0.15) is 0 Å². The van der Waals surface area contributed by atoms with Crippen molar-refractivity contribution in [2.24, 2.45) is 4.99 Å². The van der Waals surface area contributed by atoms with Crippen LogP contribution in [0.15, 0.2) is 23.0 Å². The Morgan fingerprint density at radius 2 is 2.40 bits per heavy atom. The maximum atomic E-state index is 4.57. The summed E-state index contributed by atoms with van der Waals surface area (Å²) in [5, 5.41) is 6.75. The predicted molar refractivity (Wildman–Crippen MR) is 88.6 cm³/mol. The normalized spacial score (nSPS) is 11.4. The number of aromatic nitrogens is 1. The molecule has 0 aromatic carbocycles. The minimum atomic E-state index is 0.866. The van der Waals surface area contributed by atoms with Gasteiger partial charge in [0.05, 0.1) is 10.7 Å². The number of guanidine groups is 1. The first-order valence-corrected chi connectivity index (χ1v) is 8.05. The predicted octanol–water partition coefficient (Wildman–Crippen LogP) is 2.72. The second kappa shape index (κ2) is 9.53. The molecule has 1 rings (SSSR count). The summed E-state index contributed by atoms with van der Waals surface area (Å²) >= 11 is 1.75. The Kier molecular flexibility index (Phi) is 7.95. The van der Waals surface area contributed by atoms with Gasteiger partial charge < -0.3 is 10.2 Å². The number of unbranched alkanes of at least 4 members (excludes halogenated alkanes) is 1. The highest BCUT2D eigenvalue weighted by molar-refractivity contribution is 7.09. The van der Waals surface area contributed by atoms with Crippen LogP contribution in [0, 0.1) is 0 Å². The first-order chi connectivity index (χ1) is 9.71. The summed E-state index contributed by atoms with van der Waals surface area (Å²) in [6.45, 7) is 7.74. The van der Waals surface area contributed by atoms with Crippen molar-refractivity contribution in [3.63, 3.8) is 0 Å². The number of hydrogen-bond acceptors (Lipinski definition) is 3. The summed E-state index contributed by atoms with van der Waals surface area (Å²) in [6.07, 6.45) is 6.06. The summed E-state index contributed by atoms with van der Waals surface area (Å²) in [4.78, 5) is 11.0. The van der Waals surface area contributed by atoms with Crippen molar-refractivity contribution in [2.75, 3.05) is 27.2 Å². The average molecular weight is 294 g/mol. The first kappa shape index (κ1) is 16.7. The molecule has 0 unspecified atom stereocenters. The molecule has 0 spiro atoms. The van der Waals surface area contributed by atoms with Crippen molar-refractivity contribution >= 4 is 17.3 Å². The molecule has 0 saturated heterocycles. The highest BCUT2D eigenvalue weighted by atomic mass is 32.1. The van der Waals surface area contributed by atoms with Crippen molar-refractivity contribution in [1.82, 2.24) is 15.2 Å². The molecule has 5 heteroatoms. The molecule has 0 aliphatic rings. The Bertz CT molecular complexity index is 425. The van der Waals surface area contributed by atoms with E-state index in [1.807, 2.05) is 13.1 Å². The van der Waals surface area contributed by atoms with Crippen LogP contribution in [0.3, 0.4) is 0 Å². The number of thiazole rings is 1. The van der Waals surface area contributed by atoms with Crippen LogP contribution < -0.4 is 5.32 Å². The maximum absolute atomic E-state index is 4.57. The Balaban J connectivity index is 2.32.